The summed E-state index contributed by atoms with van der Waals surface area (Å²) in [7, 11) is 0. The van der Waals surface area contributed by atoms with Crippen LogP contribution in [-0.4, -0.2) is 6.17 Å². The van der Waals surface area contributed by atoms with Crippen LogP contribution in [0.3, 0.4) is 0 Å². The molecule has 6 heteroatoms. The number of hydrogen-bond acceptors (Lipinski definition) is 4. The molecule has 0 saturated carbocycles. The van der Waals surface area contributed by atoms with Crippen molar-refractivity contribution in [2.75, 3.05) is 0 Å². The van der Waals surface area contributed by atoms with E-state index in [1.54, 1.807) is 0 Å². The number of rotatable bonds is 4. The van der Waals surface area contributed by atoms with Crippen LogP contribution in [0.15, 0.2) is 59.2 Å². The fourth-order valence-corrected chi connectivity index (χ4v) is 2.74. The van der Waals surface area contributed by atoms with Crippen molar-refractivity contribution in [2.24, 2.45) is 0 Å². The molecule has 2 aromatic rings. The molecule has 1 aliphatic rings. The number of hydrogen-bond donors (Lipinski definition) is 2. The molecule has 0 saturated heterocycles. The summed E-state index contributed by atoms with van der Waals surface area (Å²) in [6.45, 7) is 1.87. The van der Waals surface area contributed by atoms with Crippen molar-refractivity contribution in [3.05, 3.63) is 65.9 Å². The summed E-state index contributed by atoms with van der Waals surface area (Å²) >= 11 is 1.44. The third-order valence-corrected chi connectivity index (χ3v) is 3.98. The molecule has 2 aromatic carbocycles. The van der Waals surface area contributed by atoms with Gasteiger partial charge in [0.2, 0.25) is 0 Å². The molecule has 1 unspecified atom stereocenters. The molecule has 0 amide bonds. The normalized spacial score (nSPS) is 17.2. The monoisotopic (exact) mass is 320 g/mol. The Kier molecular flexibility index (Phi) is 4.42. The van der Waals surface area contributed by atoms with Crippen LogP contribution in [0, 0.1) is 11.6 Å². The predicted octanol–water partition coefficient (Wildman–Crippen LogP) is 3.99. The lowest BCUT2D eigenvalue weighted by molar-refractivity contribution is 0.116. The van der Waals surface area contributed by atoms with Gasteiger partial charge < -0.3 is 4.84 Å². The third-order valence-electron chi connectivity index (χ3n) is 3.10. The van der Waals surface area contributed by atoms with Gasteiger partial charge in [0.25, 0.3) is 0 Å². The van der Waals surface area contributed by atoms with Gasteiger partial charge in [-0.15, -0.1) is 5.48 Å². The standard InChI is InChI=1S/C16H14F2N2OS/c1-10-6-16(19-21-10)20-22-15-4-2-11(3-5-15)12-7-13(17)9-14(18)8-12/h2-9,16,19-20H,1H3. The molecule has 2 N–H and O–H groups in total. The van der Waals surface area contributed by atoms with Gasteiger partial charge in [-0.05, 0) is 60.3 Å². The number of nitrogens with one attached hydrogen (secondary N) is 2. The minimum absolute atomic E-state index is 0.0537. The Morgan fingerprint density at radius 2 is 1.73 bits per heavy atom. The van der Waals surface area contributed by atoms with Crippen molar-refractivity contribution >= 4 is 11.9 Å². The summed E-state index contributed by atoms with van der Waals surface area (Å²) in [6.07, 6.45) is 1.87. The van der Waals surface area contributed by atoms with E-state index in [1.165, 1.54) is 24.1 Å². The van der Waals surface area contributed by atoms with Gasteiger partial charge >= 0.3 is 0 Å². The molecule has 1 atom stereocenters. The molecular weight excluding hydrogens is 306 g/mol. The highest BCUT2D eigenvalue weighted by atomic mass is 32.2. The molecule has 3 rings (SSSR count). The van der Waals surface area contributed by atoms with Gasteiger partial charge in [-0.25, -0.2) is 13.5 Å². The molecule has 0 spiro atoms. The van der Waals surface area contributed by atoms with E-state index in [0.717, 1.165) is 22.3 Å². The van der Waals surface area contributed by atoms with E-state index in [0.29, 0.717) is 5.56 Å². The predicted molar refractivity (Wildman–Crippen MR) is 82.6 cm³/mol. The Morgan fingerprint density at radius 3 is 2.32 bits per heavy atom. The lowest BCUT2D eigenvalue weighted by atomic mass is 10.1. The second kappa shape index (κ2) is 6.48. The fraction of sp³-hybridized carbons (Fsp3) is 0.125. The van der Waals surface area contributed by atoms with E-state index >= 15 is 0 Å². The quantitative estimate of drug-likeness (QED) is 0.835. The highest BCUT2D eigenvalue weighted by Gasteiger charge is 2.13. The Hall–Kier alpha value is -1.89. The second-order valence-electron chi connectivity index (χ2n) is 4.88. The zero-order valence-corrected chi connectivity index (χ0v) is 12.6. The number of allylic oxidation sites excluding steroid dienone is 1. The average molecular weight is 320 g/mol. The fourth-order valence-electron chi connectivity index (χ4n) is 2.08. The van der Waals surface area contributed by atoms with Gasteiger partial charge in [-0.2, -0.15) is 0 Å². The Bertz CT molecular complexity index is 684. The molecule has 3 nitrogen and oxygen atoms in total. The third kappa shape index (κ3) is 3.65. The summed E-state index contributed by atoms with van der Waals surface area (Å²) < 4.78 is 29.7. The lowest BCUT2D eigenvalue weighted by Crippen LogP contribution is -2.31. The van der Waals surface area contributed by atoms with Crippen LogP contribution in [0.2, 0.25) is 0 Å². The van der Waals surface area contributed by atoms with E-state index in [-0.39, 0.29) is 6.17 Å². The molecular formula is C16H14F2N2OS. The van der Waals surface area contributed by atoms with Crippen LogP contribution in [-0.2, 0) is 4.84 Å². The average Bonchev–Trinajstić information content (AvgIpc) is 2.90. The molecule has 0 fully saturated rings. The number of hydroxylamine groups is 1. The van der Waals surface area contributed by atoms with E-state index in [9.17, 15) is 8.78 Å². The molecule has 114 valence electrons. The number of halogens is 2. The maximum absolute atomic E-state index is 13.2. The maximum Gasteiger partial charge on any atom is 0.126 e. The molecule has 0 bridgehead atoms. The van der Waals surface area contributed by atoms with Gasteiger partial charge in [0.1, 0.15) is 23.6 Å². The Morgan fingerprint density at radius 1 is 1.05 bits per heavy atom. The summed E-state index contributed by atoms with van der Waals surface area (Å²) in [5.74, 6) is -0.337. The van der Waals surface area contributed by atoms with Crippen molar-refractivity contribution in [3.63, 3.8) is 0 Å². The van der Waals surface area contributed by atoms with Crippen LogP contribution >= 0.6 is 11.9 Å². The number of benzene rings is 2. The largest absolute Gasteiger partial charge is 0.412 e. The molecule has 22 heavy (non-hydrogen) atoms. The summed E-state index contributed by atoms with van der Waals surface area (Å²) in [5.41, 5.74) is 4.10. The maximum atomic E-state index is 13.2. The van der Waals surface area contributed by atoms with Crippen molar-refractivity contribution in [1.29, 1.82) is 0 Å². The van der Waals surface area contributed by atoms with Gasteiger partial charge in [-0.1, -0.05) is 12.1 Å². The summed E-state index contributed by atoms with van der Waals surface area (Å²) in [6, 6.07) is 10.9. The first-order valence-electron chi connectivity index (χ1n) is 6.70. The smallest absolute Gasteiger partial charge is 0.126 e. The van der Waals surface area contributed by atoms with E-state index in [2.05, 4.69) is 10.2 Å². The minimum Gasteiger partial charge on any atom is -0.412 e. The van der Waals surface area contributed by atoms with Gasteiger partial charge in [0.05, 0.1) is 0 Å². The van der Waals surface area contributed by atoms with Crippen molar-refractivity contribution < 1.29 is 13.6 Å². The lowest BCUT2D eigenvalue weighted by Gasteiger charge is -2.10. The molecule has 0 radical (unpaired) electrons. The van der Waals surface area contributed by atoms with E-state index in [1.807, 2.05) is 37.3 Å². The molecule has 0 aliphatic carbocycles. The van der Waals surface area contributed by atoms with Crippen LogP contribution < -0.4 is 10.2 Å². The first-order chi connectivity index (χ1) is 10.6. The van der Waals surface area contributed by atoms with Gasteiger partial charge in [0, 0.05) is 11.0 Å². The summed E-state index contributed by atoms with van der Waals surface area (Å²) in [4.78, 5) is 6.10. The zero-order chi connectivity index (χ0) is 15.5. The molecule has 0 aromatic heterocycles. The zero-order valence-electron chi connectivity index (χ0n) is 11.8. The van der Waals surface area contributed by atoms with Crippen molar-refractivity contribution in [2.45, 2.75) is 18.0 Å². The second-order valence-corrected chi connectivity index (χ2v) is 5.79. The first-order valence-corrected chi connectivity index (χ1v) is 7.51. The topological polar surface area (TPSA) is 33.3 Å². The highest BCUT2D eigenvalue weighted by molar-refractivity contribution is 7.97. The van der Waals surface area contributed by atoms with Crippen LogP contribution in [0.5, 0.6) is 0 Å². The molecule has 1 aliphatic heterocycles. The molecule has 1 heterocycles. The van der Waals surface area contributed by atoms with Gasteiger partial charge in [-0.3, -0.25) is 0 Å². The highest BCUT2D eigenvalue weighted by Crippen LogP contribution is 2.25. The van der Waals surface area contributed by atoms with Crippen LogP contribution in [0.1, 0.15) is 6.92 Å². The van der Waals surface area contributed by atoms with Gasteiger partial charge in [0.15, 0.2) is 0 Å². The summed E-state index contributed by atoms with van der Waals surface area (Å²) in [5, 5.41) is 0. The van der Waals surface area contributed by atoms with Crippen molar-refractivity contribution in [3.8, 4) is 11.1 Å². The van der Waals surface area contributed by atoms with Crippen molar-refractivity contribution in [1.82, 2.24) is 10.2 Å². The Labute approximate surface area is 131 Å². The minimum atomic E-state index is -0.579. The Balaban J connectivity index is 1.67. The van der Waals surface area contributed by atoms with E-state index in [4.69, 9.17) is 4.84 Å². The van der Waals surface area contributed by atoms with Crippen LogP contribution in [0.4, 0.5) is 8.78 Å². The van der Waals surface area contributed by atoms with E-state index < -0.39 is 11.6 Å². The first kappa shape index (κ1) is 15.0. The van der Waals surface area contributed by atoms with Crippen LogP contribution in [0.25, 0.3) is 11.1 Å². The SMILES string of the molecule is CC1=CC(NSc2ccc(-c3cc(F)cc(F)c3)cc2)NO1.